The highest BCUT2D eigenvalue weighted by Gasteiger charge is 2.24. The molecule has 1 aromatic rings. The third-order valence-corrected chi connectivity index (χ3v) is 3.40. The van der Waals surface area contributed by atoms with Gasteiger partial charge in [-0.3, -0.25) is 4.79 Å². The lowest BCUT2D eigenvalue weighted by molar-refractivity contribution is -0.116. The molecule has 0 bridgehead atoms. The van der Waals surface area contributed by atoms with E-state index in [0.717, 1.165) is 25.7 Å². The van der Waals surface area contributed by atoms with Crippen LogP contribution in [0, 0.1) is 0 Å². The lowest BCUT2D eigenvalue weighted by Gasteiger charge is -2.22. The Hall–Kier alpha value is -1.89. The first-order chi connectivity index (χ1) is 10.7. The van der Waals surface area contributed by atoms with E-state index < -0.39 is 5.97 Å². The molecule has 2 rings (SSSR count). The number of carbonyl (C=O) groups is 2. The molecule has 1 aliphatic heterocycles. The summed E-state index contributed by atoms with van der Waals surface area (Å²) in [7, 11) is 0. The summed E-state index contributed by atoms with van der Waals surface area (Å²) in [6, 6.07) is 0. The van der Waals surface area contributed by atoms with Crippen molar-refractivity contribution in [3.05, 3.63) is 11.9 Å². The molecule has 22 heavy (non-hydrogen) atoms. The highest BCUT2D eigenvalue weighted by atomic mass is 16.5. The van der Waals surface area contributed by atoms with Crippen LogP contribution >= 0.6 is 0 Å². The highest BCUT2D eigenvalue weighted by Crippen LogP contribution is 2.25. The second-order valence-corrected chi connectivity index (χ2v) is 5.21. The van der Waals surface area contributed by atoms with Crippen LogP contribution in [0.4, 0.5) is 5.69 Å². The first-order valence-electron chi connectivity index (χ1n) is 7.83. The molecule has 2 heterocycles. The molecule has 0 radical (unpaired) electrons. The first kappa shape index (κ1) is 16.5. The fourth-order valence-corrected chi connectivity index (χ4v) is 2.35. The summed E-state index contributed by atoms with van der Waals surface area (Å²) >= 11 is 0. The summed E-state index contributed by atoms with van der Waals surface area (Å²) < 4.78 is 12.3. The van der Waals surface area contributed by atoms with Crippen molar-refractivity contribution in [3.63, 3.8) is 0 Å². The third-order valence-electron chi connectivity index (χ3n) is 3.40. The smallest absolute Gasteiger partial charge is 0.361 e. The zero-order chi connectivity index (χ0) is 15.9. The standard InChI is InChI=1S/C15H23N3O4/c1-3-7-12(19)16-11-10-18(13-8-5-6-9-22-13)17-14(11)15(20)21-4-2/h10,13H,3-9H2,1-2H3,(H,16,19). The summed E-state index contributed by atoms with van der Waals surface area (Å²) in [6.45, 7) is 4.59. The molecule has 1 N–H and O–H groups in total. The van der Waals surface area contributed by atoms with Crippen LogP contribution in [-0.4, -0.2) is 34.9 Å². The molecule has 7 heteroatoms. The van der Waals surface area contributed by atoms with Crippen LogP contribution in [0.5, 0.6) is 0 Å². The van der Waals surface area contributed by atoms with E-state index in [4.69, 9.17) is 9.47 Å². The van der Waals surface area contributed by atoms with E-state index >= 15 is 0 Å². The molecule has 0 aliphatic carbocycles. The average Bonchev–Trinajstić information content (AvgIpc) is 2.92. The van der Waals surface area contributed by atoms with E-state index in [1.165, 1.54) is 0 Å². The zero-order valence-corrected chi connectivity index (χ0v) is 13.1. The largest absolute Gasteiger partial charge is 0.461 e. The van der Waals surface area contributed by atoms with Gasteiger partial charge in [-0.25, -0.2) is 9.48 Å². The maximum atomic E-state index is 12.0. The summed E-state index contributed by atoms with van der Waals surface area (Å²) in [5.74, 6) is -0.680. The summed E-state index contributed by atoms with van der Waals surface area (Å²) in [5, 5.41) is 7.00. The minimum atomic E-state index is -0.538. The zero-order valence-electron chi connectivity index (χ0n) is 13.1. The second kappa shape index (κ2) is 7.93. The Bertz CT molecular complexity index is 521. The number of esters is 1. The minimum absolute atomic E-state index is 0.125. The molecular weight excluding hydrogens is 286 g/mol. The molecule has 1 unspecified atom stereocenters. The van der Waals surface area contributed by atoms with Crippen LogP contribution in [0.25, 0.3) is 0 Å². The number of nitrogens with zero attached hydrogens (tertiary/aromatic N) is 2. The molecule has 1 fully saturated rings. The lowest BCUT2D eigenvalue weighted by Crippen LogP contribution is -2.19. The molecular formula is C15H23N3O4. The second-order valence-electron chi connectivity index (χ2n) is 5.21. The van der Waals surface area contributed by atoms with Crippen molar-refractivity contribution in [3.8, 4) is 0 Å². The maximum Gasteiger partial charge on any atom is 0.361 e. The first-order valence-corrected chi connectivity index (χ1v) is 7.83. The molecule has 1 atom stereocenters. The van der Waals surface area contributed by atoms with Gasteiger partial charge in [0.1, 0.15) is 6.23 Å². The Morgan fingerprint density at radius 3 is 2.91 bits per heavy atom. The third kappa shape index (κ3) is 4.07. The number of carbonyl (C=O) groups excluding carboxylic acids is 2. The van der Waals surface area contributed by atoms with Gasteiger partial charge in [-0.15, -0.1) is 0 Å². The molecule has 1 aliphatic rings. The number of ether oxygens (including phenoxy) is 2. The number of anilines is 1. The predicted molar refractivity (Wildman–Crippen MR) is 80.6 cm³/mol. The van der Waals surface area contributed by atoms with Crippen molar-refractivity contribution in [2.24, 2.45) is 0 Å². The average molecular weight is 309 g/mol. The van der Waals surface area contributed by atoms with Crippen molar-refractivity contribution < 1.29 is 19.1 Å². The summed E-state index contributed by atoms with van der Waals surface area (Å²) in [6.07, 6.45) is 5.51. The normalized spacial score (nSPS) is 18.0. The number of nitrogens with one attached hydrogen (secondary N) is 1. The van der Waals surface area contributed by atoms with Crippen LogP contribution in [-0.2, 0) is 14.3 Å². The van der Waals surface area contributed by atoms with E-state index in [2.05, 4.69) is 10.4 Å². The summed E-state index contributed by atoms with van der Waals surface area (Å²) in [5.41, 5.74) is 0.506. The highest BCUT2D eigenvalue weighted by molar-refractivity contribution is 5.99. The Morgan fingerprint density at radius 1 is 1.45 bits per heavy atom. The quantitative estimate of drug-likeness (QED) is 0.816. The van der Waals surface area contributed by atoms with Gasteiger partial charge in [0.25, 0.3) is 0 Å². The molecule has 0 spiro atoms. The van der Waals surface area contributed by atoms with Crippen molar-refractivity contribution >= 4 is 17.6 Å². The topological polar surface area (TPSA) is 82.5 Å². The van der Waals surface area contributed by atoms with Gasteiger partial charge in [-0.05, 0) is 32.6 Å². The number of hydrogen-bond acceptors (Lipinski definition) is 5. The monoisotopic (exact) mass is 309 g/mol. The maximum absolute atomic E-state index is 12.0. The van der Waals surface area contributed by atoms with E-state index in [1.54, 1.807) is 17.8 Å². The van der Waals surface area contributed by atoms with Gasteiger partial charge in [0.15, 0.2) is 5.69 Å². The Kier molecular flexibility index (Phi) is 5.94. The molecule has 1 amide bonds. The molecule has 1 aromatic heterocycles. The molecule has 0 saturated carbocycles. The van der Waals surface area contributed by atoms with Crippen LogP contribution in [0.1, 0.15) is 62.7 Å². The molecule has 1 saturated heterocycles. The van der Waals surface area contributed by atoms with Gasteiger partial charge in [-0.1, -0.05) is 6.92 Å². The Balaban J connectivity index is 2.21. The van der Waals surface area contributed by atoms with Crippen molar-refractivity contribution in [1.29, 1.82) is 0 Å². The van der Waals surface area contributed by atoms with Gasteiger partial charge in [-0.2, -0.15) is 5.10 Å². The van der Waals surface area contributed by atoms with E-state index in [-0.39, 0.29) is 24.4 Å². The van der Waals surface area contributed by atoms with Crippen molar-refractivity contribution in [1.82, 2.24) is 9.78 Å². The van der Waals surface area contributed by atoms with E-state index in [0.29, 0.717) is 18.7 Å². The van der Waals surface area contributed by atoms with Crippen LogP contribution in [0.2, 0.25) is 0 Å². The molecule has 0 aromatic carbocycles. The minimum Gasteiger partial charge on any atom is -0.461 e. The van der Waals surface area contributed by atoms with Gasteiger partial charge in [0.2, 0.25) is 5.91 Å². The van der Waals surface area contributed by atoms with Crippen molar-refractivity contribution in [2.75, 3.05) is 18.5 Å². The van der Waals surface area contributed by atoms with Crippen LogP contribution in [0.15, 0.2) is 6.20 Å². The SMILES string of the molecule is CCCC(=O)Nc1cn(C2CCCCO2)nc1C(=O)OCC. The number of amides is 1. The van der Waals surface area contributed by atoms with Gasteiger partial charge in [0.05, 0.1) is 18.5 Å². The van der Waals surface area contributed by atoms with Gasteiger partial charge < -0.3 is 14.8 Å². The van der Waals surface area contributed by atoms with E-state index in [9.17, 15) is 9.59 Å². The number of aromatic nitrogens is 2. The fourth-order valence-electron chi connectivity index (χ4n) is 2.35. The number of rotatable bonds is 6. The number of hydrogen-bond donors (Lipinski definition) is 1. The predicted octanol–water partition coefficient (Wildman–Crippen LogP) is 2.50. The lowest BCUT2D eigenvalue weighted by atomic mass is 10.2. The van der Waals surface area contributed by atoms with Crippen molar-refractivity contribution in [2.45, 2.75) is 52.2 Å². The van der Waals surface area contributed by atoms with Gasteiger partial charge >= 0.3 is 5.97 Å². The van der Waals surface area contributed by atoms with Crippen LogP contribution in [0.3, 0.4) is 0 Å². The molecule has 7 nitrogen and oxygen atoms in total. The summed E-state index contributed by atoms with van der Waals surface area (Å²) in [4.78, 5) is 23.8. The Morgan fingerprint density at radius 2 is 2.27 bits per heavy atom. The van der Waals surface area contributed by atoms with Gasteiger partial charge in [0, 0.05) is 13.0 Å². The molecule has 122 valence electrons. The Labute approximate surface area is 130 Å². The van der Waals surface area contributed by atoms with Crippen LogP contribution < -0.4 is 5.32 Å². The fraction of sp³-hybridized carbons (Fsp3) is 0.667. The van der Waals surface area contributed by atoms with E-state index in [1.807, 2.05) is 6.92 Å².